The van der Waals surface area contributed by atoms with Crippen molar-refractivity contribution in [2.75, 3.05) is 54.5 Å². The fraction of sp³-hybridized carbons (Fsp3) is 0.250. The number of aromatic nitrogens is 2. The fourth-order valence-corrected chi connectivity index (χ4v) is 6.00. The predicted molar refractivity (Wildman–Crippen MR) is 170 cm³/mol. The van der Waals surface area contributed by atoms with E-state index in [0.29, 0.717) is 33.2 Å². The normalized spacial score (nSPS) is 14.7. The number of amidine groups is 2. The summed E-state index contributed by atoms with van der Waals surface area (Å²) in [5.74, 6) is 2.74. The van der Waals surface area contributed by atoms with Gasteiger partial charge in [-0.1, -0.05) is 59.6 Å². The molecule has 2 aromatic carbocycles. The first kappa shape index (κ1) is 28.0. The molecule has 0 unspecified atom stereocenters. The molecule has 8 nitrogen and oxygen atoms in total. The highest BCUT2D eigenvalue weighted by Gasteiger charge is 2.23. The first-order valence-corrected chi connectivity index (χ1v) is 14.4. The van der Waals surface area contributed by atoms with Crippen LogP contribution in [-0.2, 0) is 0 Å². The Hall–Kier alpha value is -4.14. The van der Waals surface area contributed by atoms with E-state index in [1.54, 1.807) is 14.2 Å². The van der Waals surface area contributed by atoms with Gasteiger partial charge in [-0.05, 0) is 24.3 Å². The zero-order chi connectivity index (χ0) is 29.4. The number of rotatable bonds is 7. The topological polar surface area (TPSA) is 75.4 Å². The zero-order valence-electron chi connectivity index (χ0n) is 23.9. The minimum Gasteiger partial charge on any atom is -0.480 e. The molecule has 42 heavy (non-hydrogen) atoms. The van der Waals surface area contributed by atoms with Crippen LogP contribution < -0.4 is 9.47 Å². The minimum absolute atomic E-state index is 0.500. The second-order valence-corrected chi connectivity index (χ2v) is 10.9. The Morgan fingerprint density at radius 2 is 0.976 bits per heavy atom. The molecule has 0 spiro atoms. The average Bonchev–Trinajstić information content (AvgIpc) is 3.64. The summed E-state index contributed by atoms with van der Waals surface area (Å²) in [6, 6.07) is 19.5. The van der Waals surface area contributed by atoms with Crippen LogP contribution in [0, 0.1) is 0 Å². The molecule has 4 aromatic rings. The van der Waals surface area contributed by atoms with E-state index >= 15 is 0 Å². The molecule has 2 aromatic heterocycles. The highest BCUT2D eigenvalue weighted by molar-refractivity contribution is 6.39. The molecule has 0 saturated heterocycles. The van der Waals surface area contributed by atoms with E-state index in [9.17, 15) is 0 Å². The van der Waals surface area contributed by atoms with Gasteiger partial charge in [0, 0.05) is 49.4 Å². The minimum atomic E-state index is 0.500. The Morgan fingerprint density at radius 1 is 0.571 bits per heavy atom. The number of aliphatic imine (C=N–C) groups is 2. The smallest absolute Gasteiger partial charge is 0.224 e. The highest BCUT2D eigenvalue weighted by atomic mass is 35.5. The van der Waals surface area contributed by atoms with E-state index in [1.165, 1.54) is 0 Å². The van der Waals surface area contributed by atoms with Crippen molar-refractivity contribution >= 4 is 34.9 Å². The second kappa shape index (κ2) is 11.6. The quantitative estimate of drug-likeness (QED) is 0.252. The van der Waals surface area contributed by atoms with Crippen LogP contribution in [0.15, 0.2) is 70.6 Å². The van der Waals surface area contributed by atoms with Crippen LogP contribution in [0.1, 0.15) is 11.1 Å². The fourth-order valence-electron chi connectivity index (χ4n) is 5.35. The summed E-state index contributed by atoms with van der Waals surface area (Å²) in [6.45, 7) is 3.24. The van der Waals surface area contributed by atoms with Gasteiger partial charge in [0.25, 0.3) is 0 Å². The molecule has 0 fully saturated rings. The van der Waals surface area contributed by atoms with Gasteiger partial charge in [-0.25, -0.2) is 9.97 Å². The molecule has 2 aliphatic heterocycles. The summed E-state index contributed by atoms with van der Waals surface area (Å²) in [7, 11) is 7.26. The molecule has 0 saturated carbocycles. The number of halogens is 2. The lowest BCUT2D eigenvalue weighted by Gasteiger charge is -2.18. The van der Waals surface area contributed by atoms with Gasteiger partial charge < -0.3 is 19.3 Å². The number of pyridine rings is 2. The van der Waals surface area contributed by atoms with Gasteiger partial charge in [0.15, 0.2) is 0 Å². The monoisotopic (exact) mass is 600 g/mol. The standard InChI is InChI=1S/C32H30Cl2N6O2/c1-39-17-15-35-29(39)23-11-13-25(37-31(23)41-3)21-9-5-7-19(27(21)33)20-8-6-10-22(28(20)34)26-14-12-24(32(38-26)42-4)30-36-16-18-40(30)2/h5-14H,15-18H2,1-4H3. The zero-order valence-corrected chi connectivity index (χ0v) is 25.4. The van der Waals surface area contributed by atoms with Gasteiger partial charge >= 0.3 is 0 Å². The Balaban J connectivity index is 1.38. The third kappa shape index (κ3) is 4.95. The summed E-state index contributed by atoms with van der Waals surface area (Å²) >= 11 is 14.1. The molecular weight excluding hydrogens is 571 g/mol. The van der Waals surface area contributed by atoms with Gasteiger partial charge in [-0.15, -0.1) is 0 Å². The molecular formula is C32H30Cl2N6O2. The van der Waals surface area contributed by atoms with Gasteiger partial charge in [0.05, 0.1) is 59.9 Å². The Bertz CT molecular complexity index is 1610. The van der Waals surface area contributed by atoms with Crippen molar-refractivity contribution < 1.29 is 9.47 Å². The summed E-state index contributed by atoms with van der Waals surface area (Å²) in [5, 5.41) is 1.08. The van der Waals surface area contributed by atoms with Gasteiger partial charge in [0.2, 0.25) is 11.8 Å². The van der Waals surface area contributed by atoms with Crippen LogP contribution in [-0.4, -0.2) is 85.9 Å². The van der Waals surface area contributed by atoms with Crippen molar-refractivity contribution in [2.45, 2.75) is 0 Å². The van der Waals surface area contributed by atoms with Crippen molar-refractivity contribution in [3.63, 3.8) is 0 Å². The molecule has 6 rings (SSSR count). The Morgan fingerprint density at radius 3 is 1.33 bits per heavy atom. The van der Waals surface area contributed by atoms with Crippen molar-refractivity contribution in [1.82, 2.24) is 19.8 Å². The van der Waals surface area contributed by atoms with Crippen LogP contribution in [0.25, 0.3) is 33.6 Å². The van der Waals surface area contributed by atoms with Gasteiger partial charge in [-0.3, -0.25) is 9.98 Å². The molecule has 0 aliphatic carbocycles. The SMILES string of the molecule is COc1nc(-c2cccc(-c3cccc(-c4ccc(C5=NCCN5C)c(OC)n4)c3Cl)c2Cl)ccc1C1=NCCN1C. The molecule has 0 atom stereocenters. The molecule has 2 aliphatic rings. The maximum atomic E-state index is 7.06. The number of ether oxygens (including phenoxy) is 2. The lowest BCUT2D eigenvalue weighted by atomic mass is 9.98. The van der Waals surface area contributed by atoms with E-state index < -0.39 is 0 Å². The third-order valence-corrected chi connectivity index (χ3v) is 8.36. The van der Waals surface area contributed by atoms with Crippen LogP contribution in [0.2, 0.25) is 10.0 Å². The van der Waals surface area contributed by atoms with Gasteiger partial charge in [-0.2, -0.15) is 0 Å². The molecule has 4 heterocycles. The van der Waals surface area contributed by atoms with Crippen molar-refractivity contribution in [3.05, 3.63) is 81.8 Å². The molecule has 214 valence electrons. The van der Waals surface area contributed by atoms with E-state index in [0.717, 1.165) is 71.2 Å². The first-order valence-electron chi connectivity index (χ1n) is 13.6. The maximum Gasteiger partial charge on any atom is 0.224 e. The molecule has 0 N–H and O–H groups in total. The van der Waals surface area contributed by atoms with Crippen molar-refractivity contribution in [2.24, 2.45) is 9.98 Å². The number of benzene rings is 2. The Kier molecular flexibility index (Phi) is 7.75. The molecule has 0 bridgehead atoms. The average molecular weight is 602 g/mol. The molecule has 10 heteroatoms. The lowest BCUT2D eigenvalue weighted by molar-refractivity contribution is 0.396. The van der Waals surface area contributed by atoms with Gasteiger partial charge in [0.1, 0.15) is 11.7 Å². The number of methoxy groups -OCH3 is 2. The third-order valence-electron chi connectivity index (χ3n) is 7.55. The molecule has 0 amide bonds. The summed E-state index contributed by atoms with van der Waals surface area (Å²) in [4.78, 5) is 23.0. The summed E-state index contributed by atoms with van der Waals surface area (Å²) < 4.78 is 11.3. The summed E-state index contributed by atoms with van der Waals surface area (Å²) in [5.41, 5.74) is 6.21. The first-order chi connectivity index (χ1) is 20.4. The largest absolute Gasteiger partial charge is 0.480 e. The summed E-state index contributed by atoms with van der Waals surface area (Å²) in [6.07, 6.45) is 0. The van der Waals surface area contributed by atoms with E-state index in [2.05, 4.69) is 19.8 Å². The van der Waals surface area contributed by atoms with E-state index in [-0.39, 0.29) is 0 Å². The van der Waals surface area contributed by atoms with Crippen LogP contribution in [0.4, 0.5) is 0 Å². The Labute approximate surface area is 255 Å². The lowest BCUT2D eigenvalue weighted by Crippen LogP contribution is -2.24. The maximum absolute atomic E-state index is 7.06. The number of hydrogen-bond donors (Lipinski definition) is 0. The number of likely N-dealkylation sites (N-methyl/N-ethyl adjacent to an activating group) is 2. The number of nitrogens with zero attached hydrogens (tertiary/aromatic N) is 6. The van der Waals surface area contributed by atoms with Crippen molar-refractivity contribution in [3.8, 4) is 45.4 Å². The number of hydrogen-bond acceptors (Lipinski definition) is 8. The second-order valence-electron chi connectivity index (χ2n) is 10.1. The van der Waals surface area contributed by atoms with E-state index in [1.807, 2.05) is 74.8 Å². The molecule has 0 radical (unpaired) electrons. The van der Waals surface area contributed by atoms with Crippen molar-refractivity contribution in [1.29, 1.82) is 0 Å². The van der Waals surface area contributed by atoms with Crippen LogP contribution in [0.5, 0.6) is 11.8 Å². The van der Waals surface area contributed by atoms with Crippen LogP contribution in [0.3, 0.4) is 0 Å². The van der Waals surface area contributed by atoms with E-state index in [4.69, 9.17) is 42.6 Å². The highest BCUT2D eigenvalue weighted by Crippen LogP contribution is 2.42. The predicted octanol–water partition coefficient (Wildman–Crippen LogP) is 6.19. The van der Waals surface area contributed by atoms with Crippen LogP contribution >= 0.6 is 23.2 Å².